The summed E-state index contributed by atoms with van der Waals surface area (Å²) in [6.45, 7) is 0.189. The summed E-state index contributed by atoms with van der Waals surface area (Å²) in [4.78, 5) is 12.4. The SMILES string of the molecule is COc1ccc(C2=C(c3ccc(S(C)(=O)=O)cc3)C(=O)OC2)cc1. The van der Waals surface area contributed by atoms with Crippen LogP contribution in [-0.2, 0) is 19.4 Å². The fourth-order valence-corrected chi connectivity index (χ4v) is 3.22. The molecule has 2 aromatic carbocycles. The van der Waals surface area contributed by atoms with Crippen molar-refractivity contribution in [1.29, 1.82) is 0 Å². The Morgan fingerprint density at radius 2 is 1.54 bits per heavy atom. The van der Waals surface area contributed by atoms with Gasteiger partial charge in [-0.1, -0.05) is 24.3 Å². The lowest BCUT2D eigenvalue weighted by Crippen LogP contribution is -2.00. The largest absolute Gasteiger partial charge is 0.497 e. The van der Waals surface area contributed by atoms with E-state index >= 15 is 0 Å². The first-order chi connectivity index (χ1) is 11.4. The van der Waals surface area contributed by atoms with Crippen molar-refractivity contribution >= 4 is 27.0 Å². The van der Waals surface area contributed by atoms with Crippen molar-refractivity contribution in [3.05, 3.63) is 59.7 Å². The molecule has 0 N–H and O–H groups in total. The highest BCUT2D eigenvalue weighted by molar-refractivity contribution is 7.90. The van der Waals surface area contributed by atoms with Crippen LogP contribution in [0.1, 0.15) is 11.1 Å². The van der Waals surface area contributed by atoms with Crippen molar-refractivity contribution in [3.8, 4) is 5.75 Å². The Labute approximate surface area is 140 Å². The van der Waals surface area contributed by atoms with Crippen molar-refractivity contribution < 1.29 is 22.7 Å². The summed E-state index contributed by atoms with van der Waals surface area (Å²) in [5.74, 6) is 0.316. The van der Waals surface area contributed by atoms with Crippen molar-refractivity contribution in [2.24, 2.45) is 0 Å². The number of esters is 1. The van der Waals surface area contributed by atoms with Crippen LogP contribution < -0.4 is 4.74 Å². The number of hydrogen-bond donors (Lipinski definition) is 0. The van der Waals surface area contributed by atoms with Crippen LogP contribution in [0.2, 0.25) is 0 Å². The van der Waals surface area contributed by atoms with Gasteiger partial charge in [0.2, 0.25) is 0 Å². The summed E-state index contributed by atoms with van der Waals surface area (Å²) in [7, 11) is -1.69. The molecular formula is C18H16O5S. The summed E-state index contributed by atoms with van der Waals surface area (Å²) in [5.41, 5.74) is 2.73. The molecule has 0 radical (unpaired) electrons. The van der Waals surface area contributed by atoms with E-state index in [9.17, 15) is 13.2 Å². The maximum Gasteiger partial charge on any atom is 0.339 e. The van der Waals surface area contributed by atoms with Gasteiger partial charge in [0, 0.05) is 11.8 Å². The van der Waals surface area contributed by atoms with E-state index in [0.29, 0.717) is 11.1 Å². The van der Waals surface area contributed by atoms with Gasteiger partial charge in [-0.2, -0.15) is 0 Å². The Balaban J connectivity index is 2.06. The average Bonchev–Trinajstić information content (AvgIpc) is 2.96. The maximum atomic E-state index is 12.1. The molecule has 0 saturated heterocycles. The second-order valence-electron chi connectivity index (χ2n) is 5.45. The molecule has 2 aromatic rings. The zero-order valence-corrected chi connectivity index (χ0v) is 14.1. The molecule has 3 rings (SSSR count). The third-order valence-corrected chi connectivity index (χ3v) is 4.99. The van der Waals surface area contributed by atoms with Crippen LogP contribution in [0, 0.1) is 0 Å². The molecule has 0 atom stereocenters. The number of rotatable bonds is 4. The van der Waals surface area contributed by atoms with Crippen LogP contribution in [0.3, 0.4) is 0 Å². The topological polar surface area (TPSA) is 69.7 Å². The number of carbonyl (C=O) groups is 1. The third-order valence-electron chi connectivity index (χ3n) is 3.86. The first-order valence-corrected chi connectivity index (χ1v) is 9.14. The van der Waals surface area contributed by atoms with E-state index in [1.807, 2.05) is 24.3 Å². The van der Waals surface area contributed by atoms with Gasteiger partial charge in [-0.05, 0) is 35.4 Å². The fraction of sp³-hybridized carbons (Fsp3) is 0.167. The van der Waals surface area contributed by atoms with E-state index in [1.165, 1.54) is 12.1 Å². The predicted molar refractivity (Wildman–Crippen MR) is 90.3 cm³/mol. The van der Waals surface area contributed by atoms with Gasteiger partial charge in [0.1, 0.15) is 12.4 Å². The quantitative estimate of drug-likeness (QED) is 0.797. The molecule has 1 heterocycles. The van der Waals surface area contributed by atoms with Gasteiger partial charge in [0.15, 0.2) is 9.84 Å². The first-order valence-electron chi connectivity index (χ1n) is 7.25. The summed E-state index contributed by atoms with van der Waals surface area (Å²) in [6, 6.07) is 13.6. The molecule has 24 heavy (non-hydrogen) atoms. The van der Waals surface area contributed by atoms with Gasteiger partial charge in [-0.15, -0.1) is 0 Å². The molecule has 124 valence electrons. The summed E-state index contributed by atoms with van der Waals surface area (Å²) < 4.78 is 33.4. The highest BCUT2D eigenvalue weighted by atomic mass is 32.2. The van der Waals surface area contributed by atoms with Crippen LogP contribution in [0.15, 0.2) is 53.4 Å². The second kappa shape index (κ2) is 6.13. The summed E-state index contributed by atoms with van der Waals surface area (Å²) in [5, 5.41) is 0. The van der Waals surface area contributed by atoms with E-state index in [0.717, 1.165) is 23.1 Å². The molecular weight excluding hydrogens is 328 g/mol. The fourth-order valence-electron chi connectivity index (χ4n) is 2.59. The number of carbonyl (C=O) groups excluding carboxylic acids is 1. The maximum absolute atomic E-state index is 12.1. The Morgan fingerprint density at radius 3 is 2.08 bits per heavy atom. The van der Waals surface area contributed by atoms with E-state index in [4.69, 9.17) is 9.47 Å². The molecule has 5 nitrogen and oxygen atoms in total. The van der Waals surface area contributed by atoms with Crippen LogP contribution in [0.25, 0.3) is 11.1 Å². The van der Waals surface area contributed by atoms with Gasteiger partial charge in [0.05, 0.1) is 17.6 Å². The van der Waals surface area contributed by atoms with Crippen LogP contribution >= 0.6 is 0 Å². The van der Waals surface area contributed by atoms with Gasteiger partial charge >= 0.3 is 5.97 Å². The lowest BCUT2D eigenvalue weighted by molar-refractivity contribution is -0.133. The minimum atomic E-state index is -3.28. The normalized spacial score (nSPS) is 14.7. The minimum absolute atomic E-state index is 0.189. The zero-order valence-electron chi connectivity index (χ0n) is 13.3. The van der Waals surface area contributed by atoms with E-state index in [1.54, 1.807) is 19.2 Å². The standard InChI is InChI=1S/C18H16O5S/c1-22-14-7-3-12(4-8-14)16-11-23-18(19)17(16)13-5-9-15(10-6-13)24(2,20)21/h3-10H,11H2,1-2H3. The molecule has 0 amide bonds. The van der Waals surface area contributed by atoms with Gasteiger partial charge in [-0.25, -0.2) is 13.2 Å². The zero-order chi connectivity index (χ0) is 17.3. The van der Waals surface area contributed by atoms with Crippen molar-refractivity contribution in [2.75, 3.05) is 20.0 Å². The number of methoxy groups -OCH3 is 1. The molecule has 1 aliphatic heterocycles. The summed E-state index contributed by atoms with van der Waals surface area (Å²) >= 11 is 0. The molecule has 0 aromatic heterocycles. The van der Waals surface area contributed by atoms with Gasteiger partial charge in [-0.3, -0.25) is 0 Å². The third kappa shape index (κ3) is 3.05. The minimum Gasteiger partial charge on any atom is -0.497 e. The van der Waals surface area contributed by atoms with E-state index in [-0.39, 0.29) is 11.5 Å². The Hall–Kier alpha value is -2.60. The highest BCUT2D eigenvalue weighted by Gasteiger charge is 2.27. The van der Waals surface area contributed by atoms with Crippen LogP contribution in [-0.4, -0.2) is 34.4 Å². The molecule has 0 spiro atoms. The number of benzene rings is 2. The van der Waals surface area contributed by atoms with Gasteiger partial charge < -0.3 is 9.47 Å². The molecule has 1 aliphatic rings. The lowest BCUT2D eigenvalue weighted by atomic mass is 9.97. The number of hydrogen-bond acceptors (Lipinski definition) is 5. The molecule has 6 heteroatoms. The summed E-state index contributed by atoms with van der Waals surface area (Å²) in [6.07, 6.45) is 1.15. The number of sulfone groups is 1. The Kier molecular flexibility index (Phi) is 4.15. The molecule has 0 bridgehead atoms. The van der Waals surface area contributed by atoms with E-state index < -0.39 is 15.8 Å². The monoisotopic (exact) mass is 344 g/mol. The Morgan fingerprint density at radius 1 is 0.958 bits per heavy atom. The van der Waals surface area contributed by atoms with Crippen molar-refractivity contribution in [3.63, 3.8) is 0 Å². The predicted octanol–water partition coefficient (Wildman–Crippen LogP) is 2.57. The molecule has 0 fully saturated rings. The molecule has 0 aliphatic carbocycles. The van der Waals surface area contributed by atoms with Crippen molar-refractivity contribution in [1.82, 2.24) is 0 Å². The lowest BCUT2D eigenvalue weighted by Gasteiger charge is -2.06. The molecule has 0 unspecified atom stereocenters. The number of cyclic esters (lactones) is 1. The average molecular weight is 344 g/mol. The van der Waals surface area contributed by atoms with Crippen LogP contribution in [0.4, 0.5) is 0 Å². The van der Waals surface area contributed by atoms with Crippen LogP contribution in [0.5, 0.6) is 5.75 Å². The Bertz CT molecular complexity index is 907. The molecule has 0 saturated carbocycles. The van der Waals surface area contributed by atoms with E-state index in [2.05, 4.69) is 0 Å². The van der Waals surface area contributed by atoms with Gasteiger partial charge in [0.25, 0.3) is 0 Å². The second-order valence-corrected chi connectivity index (χ2v) is 7.47. The smallest absolute Gasteiger partial charge is 0.339 e. The number of ether oxygens (including phenoxy) is 2. The van der Waals surface area contributed by atoms with Crippen molar-refractivity contribution in [2.45, 2.75) is 4.90 Å². The first kappa shape index (κ1) is 16.3. The highest BCUT2D eigenvalue weighted by Crippen LogP contribution is 2.33.